The summed E-state index contributed by atoms with van der Waals surface area (Å²) in [5.74, 6) is 0.759. The largest absolute Gasteiger partial charge is 0.454 e. The van der Waals surface area contributed by atoms with Crippen molar-refractivity contribution >= 4 is 12.1 Å². The highest BCUT2D eigenvalue weighted by atomic mass is 16.7. The van der Waals surface area contributed by atoms with Crippen LogP contribution < -0.4 is 9.47 Å². The number of likely N-dealkylation sites (N-methyl/N-ethyl adjacent to an activating group) is 1. The first kappa shape index (κ1) is 18.9. The molecule has 0 aromatic heterocycles. The standard InChI is InChI=1S/C18H25NO6/c1-11(2)17(20)24-13(4)25-18(21)19(5)12(3)8-14-6-7-15-16(9-14)23-10-22-15/h6-7,9,11-13H,8,10H2,1-5H3. The zero-order valence-corrected chi connectivity index (χ0v) is 15.3. The van der Waals surface area contributed by atoms with E-state index in [2.05, 4.69) is 0 Å². The molecule has 0 saturated carbocycles. The molecule has 2 unspecified atom stereocenters. The van der Waals surface area contributed by atoms with E-state index in [9.17, 15) is 9.59 Å². The highest BCUT2D eigenvalue weighted by Crippen LogP contribution is 2.32. The molecule has 25 heavy (non-hydrogen) atoms. The summed E-state index contributed by atoms with van der Waals surface area (Å²) in [5, 5.41) is 0. The summed E-state index contributed by atoms with van der Waals surface area (Å²) in [5.41, 5.74) is 1.02. The van der Waals surface area contributed by atoms with E-state index in [0.717, 1.165) is 11.3 Å². The Morgan fingerprint density at radius 2 is 1.80 bits per heavy atom. The summed E-state index contributed by atoms with van der Waals surface area (Å²) in [6.07, 6.45) is -0.845. The van der Waals surface area contributed by atoms with Crippen LogP contribution in [0.2, 0.25) is 0 Å². The fraction of sp³-hybridized carbons (Fsp3) is 0.556. The van der Waals surface area contributed by atoms with E-state index in [4.69, 9.17) is 18.9 Å². The molecule has 0 radical (unpaired) electrons. The van der Waals surface area contributed by atoms with Crippen molar-refractivity contribution in [2.24, 2.45) is 5.92 Å². The Labute approximate surface area is 147 Å². The van der Waals surface area contributed by atoms with Gasteiger partial charge in [-0.15, -0.1) is 0 Å². The summed E-state index contributed by atoms with van der Waals surface area (Å²) < 4.78 is 20.9. The molecule has 1 aliphatic heterocycles. The lowest BCUT2D eigenvalue weighted by molar-refractivity contribution is -0.169. The Morgan fingerprint density at radius 1 is 1.12 bits per heavy atom. The van der Waals surface area contributed by atoms with Gasteiger partial charge in [0.1, 0.15) is 0 Å². The fourth-order valence-corrected chi connectivity index (χ4v) is 2.27. The summed E-state index contributed by atoms with van der Waals surface area (Å²) >= 11 is 0. The fourth-order valence-electron chi connectivity index (χ4n) is 2.27. The van der Waals surface area contributed by atoms with Crippen LogP contribution in [-0.4, -0.2) is 43.1 Å². The van der Waals surface area contributed by atoms with E-state index in [0.29, 0.717) is 12.2 Å². The Bertz CT molecular complexity index is 630. The first-order valence-corrected chi connectivity index (χ1v) is 8.30. The summed E-state index contributed by atoms with van der Waals surface area (Å²) in [4.78, 5) is 25.2. The lowest BCUT2D eigenvalue weighted by Crippen LogP contribution is -2.39. The maximum absolute atomic E-state index is 12.2. The van der Waals surface area contributed by atoms with Crippen LogP contribution >= 0.6 is 0 Å². The number of carbonyl (C=O) groups is 2. The zero-order valence-electron chi connectivity index (χ0n) is 15.3. The molecule has 0 fully saturated rings. The van der Waals surface area contributed by atoms with Crippen LogP contribution in [0, 0.1) is 5.92 Å². The zero-order chi connectivity index (χ0) is 18.6. The normalized spacial score (nSPS) is 14.8. The van der Waals surface area contributed by atoms with Gasteiger partial charge in [0.2, 0.25) is 13.1 Å². The van der Waals surface area contributed by atoms with E-state index in [1.807, 2.05) is 25.1 Å². The molecule has 0 aliphatic carbocycles. The third-order valence-electron chi connectivity index (χ3n) is 3.94. The van der Waals surface area contributed by atoms with Gasteiger partial charge in [-0.25, -0.2) is 4.79 Å². The third-order valence-corrected chi connectivity index (χ3v) is 3.94. The minimum absolute atomic E-state index is 0.110. The van der Waals surface area contributed by atoms with Crippen LogP contribution in [0.5, 0.6) is 11.5 Å². The predicted octanol–water partition coefficient (Wildman–Crippen LogP) is 2.96. The van der Waals surface area contributed by atoms with Crippen LogP contribution in [0.25, 0.3) is 0 Å². The smallest absolute Gasteiger partial charge is 0.412 e. The molecule has 1 aromatic rings. The van der Waals surface area contributed by atoms with E-state index < -0.39 is 18.4 Å². The first-order valence-electron chi connectivity index (χ1n) is 8.30. The third kappa shape index (κ3) is 5.01. The van der Waals surface area contributed by atoms with Crippen molar-refractivity contribution in [1.29, 1.82) is 0 Å². The van der Waals surface area contributed by atoms with Gasteiger partial charge in [-0.3, -0.25) is 4.79 Å². The summed E-state index contributed by atoms with van der Waals surface area (Å²) in [6, 6.07) is 5.60. The Morgan fingerprint density at radius 3 is 2.48 bits per heavy atom. The lowest BCUT2D eigenvalue weighted by atomic mass is 10.1. The molecule has 0 saturated heterocycles. The monoisotopic (exact) mass is 351 g/mol. The van der Waals surface area contributed by atoms with Crippen molar-refractivity contribution < 1.29 is 28.5 Å². The molecule has 2 atom stereocenters. The molecule has 1 heterocycles. The topological polar surface area (TPSA) is 74.3 Å². The first-order chi connectivity index (χ1) is 11.8. The maximum Gasteiger partial charge on any atom is 0.412 e. The van der Waals surface area contributed by atoms with Gasteiger partial charge in [-0.1, -0.05) is 19.9 Å². The number of hydrogen-bond acceptors (Lipinski definition) is 6. The van der Waals surface area contributed by atoms with E-state index >= 15 is 0 Å². The average Bonchev–Trinajstić information content (AvgIpc) is 3.01. The van der Waals surface area contributed by atoms with Crippen LogP contribution in [0.4, 0.5) is 4.79 Å². The van der Waals surface area contributed by atoms with Crippen molar-refractivity contribution in [2.75, 3.05) is 13.8 Å². The molecule has 2 rings (SSSR count). The number of rotatable bonds is 6. The second-order valence-corrected chi connectivity index (χ2v) is 6.39. The minimum Gasteiger partial charge on any atom is -0.454 e. The molecule has 0 bridgehead atoms. The number of carbonyl (C=O) groups excluding carboxylic acids is 2. The number of nitrogens with zero attached hydrogens (tertiary/aromatic N) is 1. The SMILES string of the molecule is CC(OC(=O)C(C)C)OC(=O)N(C)C(C)Cc1ccc2c(c1)OCO2. The van der Waals surface area contributed by atoms with Crippen molar-refractivity contribution in [3.63, 3.8) is 0 Å². The molecule has 0 spiro atoms. The van der Waals surface area contributed by atoms with E-state index in [1.54, 1.807) is 20.9 Å². The molecule has 1 amide bonds. The number of esters is 1. The van der Waals surface area contributed by atoms with Crippen molar-refractivity contribution in [2.45, 2.75) is 46.4 Å². The van der Waals surface area contributed by atoms with Gasteiger partial charge >= 0.3 is 12.1 Å². The Kier molecular flexibility index (Phi) is 6.12. The van der Waals surface area contributed by atoms with Crippen LogP contribution in [0.1, 0.15) is 33.3 Å². The molecule has 1 aliphatic rings. The van der Waals surface area contributed by atoms with Gasteiger partial charge < -0.3 is 23.8 Å². The van der Waals surface area contributed by atoms with Crippen LogP contribution in [0.3, 0.4) is 0 Å². The van der Waals surface area contributed by atoms with Crippen LogP contribution in [0.15, 0.2) is 18.2 Å². The number of amides is 1. The van der Waals surface area contributed by atoms with E-state index in [1.165, 1.54) is 11.8 Å². The molecule has 138 valence electrons. The van der Waals surface area contributed by atoms with Gasteiger partial charge in [0.25, 0.3) is 0 Å². The number of benzene rings is 1. The van der Waals surface area contributed by atoms with Crippen LogP contribution in [-0.2, 0) is 20.7 Å². The molecule has 7 heteroatoms. The second-order valence-electron chi connectivity index (χ2n) is 6.39. The van der Waals surface area contributed by atoms with Gasteiger partial charge in [0.15, 0.2) is 11.5 Å². The average molecular weight is 351 g/mol. The van der Waals surface area contributed by atoms with Crippen molar-refractivity contribution in [1.82, 2.24) is 4.90 Å². The van der Waals surface area contributed by atoms with E-state index in [-0.39, 0.29) is 18.8 Å². The predicted molar refractivity (Wildman–Crippen MR) is 90.4 cm³/mol. The quantitative estimate of drug-likeness (QED) is 0.579. The molecule has 7 nitrogen and oxygen atoms in total. The summed E-state index contributed by atoms with van der Waals surface area (Å²) in [7, 11) is 1.65. The second kappa shape index (κ2) is 8.09. The minimum atomic E-state index is -0.928. The Balaban J connectivity index is 1.87. The van der Waals surface area contributed by atoms with Crippen molar-refractivity contribution in [3.8, 4) is 11.5 Å². The van der Waals surface area contributed by atoms with Crippen molar-refractivity contribution in [3.05, 3.63) is 23.8 Å². The van der Waals surface area contributed by atoms with Gasteiger partial charge in [0, 0.05) is 20.0 Å². The highest BCUT2D eigenvalue weighted by Gasteiger charge is 2.23. The number of fused-ring (bicyclic) bond motifs is 1. The maximum atomic E-state index is 12.2. The summed E-state index contributed by atoms with van der Waals surface area (Å²) in [6.45, 7) is 7.10. The Hall–Kier alpha value is -2.44. The number of ether oxygens (including phenoxy) is 4. The van der Waals surface area contributed by atoms with Gasteiger partial charge in [-0.05, 0) is 31.0 Å². The van der Waals surface area contributed by atoms with Gasteiger partial charge in [-0.2, -0.15) is 0 Å². The molecular weight excluding hydrogens is 326 g/mol. The lowest BCUT2D eigenvalue weighted by Gasteiger charge is -2.26. The number of hydrogen-bond donors (Lipinski definition) is 0. The molecular formula is C18H25NO6. The van der Waals surface area contributed by atoms with Gasteiger partial charge in [0.05, 0.1) is 5.92 Å². The highest BCUT2D eigenvalue weighted by molar-refractivity contribution is 5.72. The molecule has 0 N–H and O–H groups in total. The molecule has 1 aromatic carbocycles.